The molecule has 0 aliphatic carbocycles. The first-order chi connectivity index (χ1) is 13.4. The standard InChI is InChI=1S/C23H26N4S/c1-14-10-15(2)12-18(11-14)27-22(19-13-16(3)26(5)17(19)4)21(25-23(27)28)20-8-6-7-9-24-20/h6-13,21-22H,1-5H3,(H,25,28)/t21-,22+/m1/s1. The van der Waals surface area contributed by atoms with Crippen molar-refractivity contribution in [3.8, 4) is 0 Å². The lowest BCUT2D eigenvalue weighted by molar-refractivity contribution is 0.564. The lowest BCUT2D eigenvalue weighted by atomic mass is 9.96. The molecule has 0 bridgehead atoms. The van der Waals surface area contributed by atoms with Crippen LogP contribution in [-0.2, 0) is 7.05 Å². The van der Waals surface area contributed by atoms with Crippen molar-refractivity contribution >= 4 is 23.0 Å². The number of aromatic nitrogens is 2. The van der Waals surface area contributed by atoms with E-state index in [0.29, 0.717) is 0 Å². The molecule has 1 N–H and O–H groups in total. The Morgan fingerprint density at radius 1 is 1.00 bits per heavy atom. The number of aryl methyl sites for hydroxylation is 3. The Kier molecular flexibility index (Phi) is 4.71. The number of anilines is 1. The highest BCUT2D eigenvalue weighted by atomic mass is 32.1. The average Bonchev–Trinajstić information content (AvgIpc) is 3.13. The molecule has 0 amide bonds. The van der Waals surface area contributed by atoms with Crippen molar-refractivity contribution in [2.75, 3.05) is 4.90 Å². The van der Waals surface area contributed by atoms with Crippen LogP contribution in [0.3, 0.4) is 0 Å². The van der Waals surface area contributed by atoms with Crippen LogP contribution in [0.25, 0.3) is 0 Å². The molecule has 1 aliphatic heterocycles. The Bertz CT molecular complexity index is 1020. The van der Waals surface area contributed by atoms with E-state index in [1.54, 1.807) is 0 Å². The summed E-state index contributed by atoms with van der Waals surface area (Å²) in [6.45, 7) is 8.59. The van der Waals surface area contributed by atoms with Gasteiger partial charge in [0.1, 0.15) is 0 Å². The summed E-state index contributed by atoms with van der Waals surface area (Å²) in [4.78, 5) is 6.90. The van der Waals surface area contributed by atoms with Gasteiger partial charge in [0, 0.05) is 30.3 Å². The second-order valence-electron chi connectivity index (χ2n) is 7.73. The summed E-state index contributed by atoms with van der Waals surface area (Å²) in [5.74, 6) is 0. The molecule has 2 atom stereocenters. The van der Waals surface area contributed by atoms with E-state index < -0.39 is 0 Å². The van der Waals surface area contributed by atoms with E-state index in [1.807, 2.05) is 18.3 Å². The molecule has 2 aromatic heterocycles. The molecule has 1 aromatic carbocycles. The molecule has 1 fully saturated rings. The highest BCUT2D eigenvalue weighted by molar-refractivity contribution is 7.80. The van der Waals surface area contributed by atoms with Gasteiger partial charge in [-0.3, -0.25) is 4.98 Å². The number of pyridine rings is 1. The minimum absolute atomic E-state index is 0.00461. The Balaban J connectivity index is 1.90. The predicted molar refractivity (Wildman–Crippen MR) is 119 cm³/mol. The van der Waals surface area contributed by atoms with Crippen LogP contribution in [0.2, 0.25) is 0 Å². The molecule has 4 nitrogen and oxygen atoms in total. The fourth-order valence-corrected chi connectivity index (χ4v) is 4.57. The third kappa shape index (κ3) is 3.10. The molecule has 1 saturated heterocycles. The van der Waals surface area contributed by atoms with Crippen LogP contribution in [0, 0.1) is 27.7 Å². The van der Waals surface area contributed by atoms with E-state index in [9.17, 15) is 0 Å². The van der Waals surface area contributed by atoms with Gasteiger partial charge >= 0.3 is 0 Å². The Morgan fingerprint density at radius 3 is 2.29 bits per heavy atom. The topological polar surface area (TPSA) is 33.1 Å². The van der Waals surface area contributed by atoms with Gasteiger partial charge in [0.15, 0.2) is 5.11 Å². The summed E-state index contributed by atoms with van der Waals surface area (Å²) in [5.41, 5.74) is 8.37. The van der Waals surface area contributed by atoms with Gasteiger partial charge in [0.25, 0.3) is 0 Å². The van der Waals surface area contributed by atoms with Gasteiger partial charge in [0.2, 0.25) is 0 Å². The SMILES string of the molecule is Cc1cc(C)cc(N2C(=S)N[C@H](c3ccccn3)[C@@H]2c2cc(C)n(C)c2C)c1. The van der Waals surface area contributed by atoms with Gasteiger partial charge in [-0.1, -0.05) is 12.1 Å². The molecule has 1 aliphatic rings. The van der Waals surface area contributed by atoms with Gasteiger partial charge in [0.05, 0.1) is 17.8 Å². The zero-order valence-electron chi connectivity index (χ0n) is 17.0. The molecule has 3 heterocycles. The molecular weight excluding hydrogens is 364 g/mol. The van der Waals surface area contributed by atoms with Gasteiger partial charge in [-0.15, -0.1) is 0 Å². The minimum Gasteiger partial charge on any atom is -0.352 e. The summed E-state index contributed by atoms with van der Waals surface area (Å²) in [6.07, 6.45) is 1.85. The summed E-state index contributed by atoms with van der Waals surface area (Å²) in [5, 5.41) is 4.29. The van der Waals surface area contributed by atoms with Gasteiger partial charge < -0.3 is 14.8 Å². The van der Waals surface area contributed by atoms with Crippen LogP contribution in [-0.4, -0.2) is 14.7 Å². The van der Waals surface area contributed by atoms with Crippen molar-refractivity contribution < 1.29 is 0 Å². The zero-order valence-corrected chi connectivity index (χ0v) is 17.8. The Labute approximate surface area is 172 Å². The molecule has 28 heavy (non-hydrogen) atoms. The van der Waals surface area contributed by atoms with Crippen LogP contribution in [0.1, 0.15) is 45.9 Å². The monoisotopic (exact) mass is 390 g/mol. The van der Waals surface area contributed by atoms with Crippen LogP contribution in [0.4, 0.5) is 5.69 Å². The van der Waals surface area contributed by atoms with Crippen molar-refractivity contribution in [3.05, 3.63) is 82.4 Å². The Morgan fingerprint density at radius 2 is 1.71 bits per heavy atom. The van der Waals surface area contributed by atoms with Crippen molar-refractivity contribution in [3.63, 3.8) is 0 Å². The first-order valence-corrected chi connectivity index (χ1v) is 9.99. The summed E-state index contributed by atoms with van der Waals surface area (Å²) >= 11 is 5.83. The molecule has 3 aromatic rings. The van der Waals surface area contributed by atoms with E-state index in [0.717, 1.165) is 16.5 Å². The predicted octanol–water partition coefficient (Wildman–Crippen LogP) is 4.83. The van der Waals surface area contributed by atoms with E-state index >= 15 is 0 Å². The molecule has 144 valence electrons. The largest absolute Gasteiger partial charge is 0.352 e. The highest BCUT2D eigenvalue weighted by Crippen LogP contribution is 2.43. The van der Waals surface area contributed by atoms with E-state index in [2.05, 4.69) is 84.8 Å². The Hall–Kier alpha value is -2.66. The fraction of sp³-hybridized carbons (Fsp3) is 0.304. The minimum atomic E-state index is -0.00461. The molecule has 5 heteroatoms. The van der Waals surface area contributed by atoms with E-state index in [-0.39, 0.29) is 12.1 Å². The summed E-state index contributed by atoms with van der Waals surface area (Å²) in [7, 11) is 2.12. The maximum Gasteiger partial charge on any atom is 0.174 e. The van der Waals surface area contributed by atoms with Gasteiger partial charge in [-0.05, 0) is 86.9 Å². The van der Waals surface area contributed by atoms with Crippen LogP contribution in [0.15, 0.2) is 48.7 Å². The lowest BCUT2D eigenvalue weighted by Crippen LogP contribution is -2.29. The normalized spacial score (nSPS) is 19.2. The number of rotatable bonds is 3. The third-order valence-electron chi connectivity index (χ3n) is 5.72. The fourth-order valence-electron chi connectivity index (χ4n) is 4.22. The molecule has 4 rings (SSSR count). The smallest absolute Gasteiger partial charge is 0.174 e. The third-order valence-corrected chi connectivity index (χ3v) is 6.03. The number of benzene rings is 1. The second kappa shape index (κ2) is 7.06. The number of nitrogens with one attached hydrogen (secondary N) is 1. The zero-order chi connectivity index (χ0) is 20.0. The van der Waals surface area contributed by atoms with E-state index in [1.165, 1.54) is 28.1 Å². The molecule has 0 spiro atoms. The summed E-state index contributed by atoms with van der Waals surface area (Å²) in [6, 6.07) is 15.0. The van der Waals surface area contributed by atoms with Crippen molar-refractivity contribution in [1.82, 2.24) is 14.9 Å². The van der Waals surface area contributed by atoms with E-state index in [4.69, 9.17) is 12.2 Å². The second-order valence-corrected chi connectivity index (χ2v) is 8.11. The van der Waals surface area contributed by atoms with Crippen molar-refractivity contribution in [1.29, 1.82) is 0 Å². The van der Waals surface area contributed by atoms with Crippen LogP contribution >= 0.6 is 12.2 Å². The molecule has 0 saturated carbocycles. The van der Waals surface area contributed by atoms with Gasteiger partial charge in [-0.2, -0.15) is 0 Å². The van der Waals surface area contributed by atoms with Crippen molar-refractivity contribution in [2.24, 2.45) is 7.05 Å². The van der Waals surface area contributed by atoms with Gasteiger partial charge in [-0.25, -0.2) is 0 Å². The van der Waals surface area contributed by atoms with Crippen molar-refractivity contribution in [2.45, 2.75) is 39.8 Å². The van der Waals surface area contributed by atoms with Crippen LogP contribution in [0.5, 0.6) is 0 Å². The number of hydrogen-bond acceptors (Lipinski definition) is 2. The molecular formula is C23H26N4S. The average molecular weight is 391 g/mol. The maximum atomic E-state index is 5.83. The quantitative estimate of drug-likeness (QED) is 0.649. The lowest BCUT2D eigenvalue weighted by Gasteiger charge is -2.28. The number of hydrogen-bond donors (Lipinski definition) is 1. The highest BCUT2D eigenvalue weighted by Gasteiger charge is 2.42. The molecule has 0 unspecified atom stereocenters. The summed E-state index contributed by atoms with van der Waals surface area (Å²) < 4.78 is 2.24. The number of nitrogens with zero attached hydrogens (tertiary/aromatic N) is 3. The first kappa shape index (κ1) is 18.7. The molecule has 0 radical (unpaired) electrons. The maximum absolute atomic E-state index is 5.83. The van der Waals surface area contributed by atoms with Crippen LogP contribution < -0.4 is 10.2 Å². The first-order valence-electron chi connectivity index (χ1n) is 9.58. The number of thiocarbonyl (C=S) groups is 1.